The minimum Gasteiger partial charge on any atom is -0.294 e. The third kappa shape index (κ3) is 4.39. The molecule has 2 heteroatoms. The van der Waals surface area contributed by atoms with Crippen LogP contribution in [0.5, 0.6) is 0 Å². The van der Waals surface area contributed by atoms with E-state index in [9.17, 15) is 9.59 Å². The lowest BCUT2D eigenvalue weighted by molar-refractivity contribution is 0.0898. The Bertz CT molecular complexity index is 561. The molecule has 2 rings (SSSR count). The molecule has 0 saturated heterocycles. The van der Waals surface area contributed by atoms with Gasteiger partial charge in [0.1, 0.15) is 0 Å². The van der Waals surface area contributed by atoms with E-state index in [0.29, 0.717) is 18.8 Å². The molecule has 0 N–H and O–H groups in total. The van der Waals surface area contributed by atoms with Crippen molar-refractivity contribution in [2.45, 2.75) is 26.7 Å². The number of Topliss-reactive ketones (excluding diaryl/α,β-unsaturated/α-hetero) is 2. The molecule has 0 aliphatic rings. The molecule has 2 aromatic carbocycles. The Morgan fingerprint density at radius 1 is 0.727 bits per heavy atom. The van der Waals surface area contributed by atoms with Crippen LogP contribution in [0.15, 0.2) is 60.7 Å². The topological polar surface area (TPSA) is 34.1 Å². The summed E-state index contributed by atoms with van der Waals surface area (Å²) in [6, 6.07) is 18.6. The summed E-state index contributed by atoms with van der Waals surface area (Å²) < 4.78 is 0. The largest absolute Gasteiger partial charge is 0.294 e. The van der Waals surface area contributed by atoms with Crippen molar-refractivity contribution in [3.63, 3.8) is 0 Å². The van der Waals surface area contributed by atoms with E-state index in [-0.39, 0.29) is 17.5 Å². The molecule has 0 aliphatic carbocycles. The van der Waals surface area contributed by atoms with E-state index in [1.54, 1.807) is 0 Å². The van der Waals surface area contributed by atoms with Crippen molar-refractivity contribution in [1.82, 2.24) is 0 Å². The first kappa shape index (κ1) is 16.2. The fraction of sp³-hybridized carbons (Fsp3) is 0.300. The monoisotopic (exact) mass is 294 g/mol. The maximum absolute atomic E-state index is 12.4. The number of hydrogen-bond acceptors (Lipinski definition) is 2. The summed E-state index contributed by atoms with van der Waals surface area (Å²) in [7, 11) is 0. The molecule has 0 radical (unpaired) electrons. The maximum atomic E-state index is 12.4. The van der Waals surface area contributed by atoms with Gasteiger partial charge in [0.15, 0.2) is 11.6 Å². The molecule has 0 aliphatic heterocycles. The molecule has 0 bridgehead atoms. The lowest BCUT2D eigenvalue weighted by atomic mass is 9.84. The predicted octanol–water partition coefficient (Wildman–Crippen LogP) is 4.80. The van der Waals surface area contributed by atoms with E-state index in [0.717, 1.165) is 11.1 Å². The second-order valence-corrected chi connectivity index (χ2v) is 5.99. The van der Waals surface area contributed by atoms with Crippen LogP contribution in [0, 0.1) is 11.8 Å². The highest BCUT2D eigenvalue weighted by molar-refractivity contribution is 5.98. The van der Waals surface area contributed by atoms with Crippen LogP contribution in [-0.2, 0) is 0 Å². The Balaban J connectivity index is 2.04. The molecule has 0 atom stereocenters. The molecular weight excluding hydrogens is 272 g/mol. The molecule has 0 heterocycles. The van der Waals surface area contributed by atoms with Crippen LogP contribution in [0.3, 0.4) is 0 Å². The van der Waals surface area contributed by atoms with Crippen LogP contribution in [0.25, 0.3) is 0 Å². The zero-order chi connectivity index (χ0) is 15.9. The highest BCUT2D eigenvalue weighted by Crippen LogP contribution is 2.23. The van der Waals surface area contributed by atoms with Crippen molar-refractivity contribution in [2.75, 3.05) is 0 Å². The Morgan fingerprint density at radius 3 is 1.41 bits per heavy atom. The smallest absolute Gasteiger partial charge is 0.163 e. The summed E-state index contributed by atoms with van der Waals surface area (Å²) in [5.41, 5.74) is 1.45. The number of benzene rings is 2. The molecule has 0 saturated carbocycles. The molecule has 0 fully saturated rings. The fourth-order valence-corrected chi connectivity index (χ4v) is 2.50. The van der Waals surface area contributed by atoms with Crippen LogP contribution in [0.1, 0.15) is 47.4 Å². The number of carbonyl (C=O) groups is 2. The molecule has 0 unspecified atom stereocenters. The first-order chi connectivity index (χ1) is 10.6. The summed E-state index contributed by atoms with van der Waals surface area (Å²) in [5, 5.41) is 0. The van der Waals surface area contributed by atoms with Crippen LogP contribution in [-0.4, -0.2) is 11.6 Å². The molecule has 114 valence electrons. The molecule has 2 aromatic rings. The summed E-state index contributed by atoms with van der Waals surface area (Å²) in [4.78, 5) is 24.7. The van der Waals surface area contributed by atoms with Crippen molar-refractivity contribution < 1.29 is 9.59 Å². The number of hydrogen-bond donors (Lipinski definition) is 0. The van der Waals surface area contributed by atoms with E-state index in [1.165, 1.54) is 0 Å². The summed E-state index contributed by atoms with van der Waals surface area (Å²) in [6.45, 7) is 4.14. The second-order valence-electron chi connectivity index (χ2n) is 5.99. The van der Waals surface area contributed by atoms with E-state index in [1.807, 2.05) is 60.7 Å². The molecule has 2 nitrogen and oxygen atoms in total. The fourth-order valence-electron chi connectivity index (χ4n) is 2.50. The third-order valence-corrected chi connectivity index (χ3v) is 4.03. The van der Waals surface area contributed by atoms with Crippen molar-refractivity contribution in [3.05, 3.63) is 71.8 Å². The molecule has 0 amide bonds. The molecule has 22 heavy (non-hydrogen) atoms. The average molecular weight is 294 g/mol. The van der Waals surface area contributed by atoms with Gasteiger partial charge < -0.3 is 0 Å². The van der Waals surface area contributed by atoms with Crippen molar-refractivity contribution >= 4 is 11.6 Å². The summed E-state index contributed by atoms with van der Waals surface area (Å²) >= 11 is 0. The number of rotatable bonds is 7. The minimum absolute atomic E-state index is 0.0698. The zero-order valence-electron chi connectivity index (χ0n) is 13.2. The van der Waals surface area contributed by atoms with Gasteiger partial charge in [0.25, 0.3) is 0 Å². The number of ketones is 2. The summed E-state index contributed by atoms with van der Waals surface area (Å²) in [6.07, 6.45) is 0.834. The SMILES string of the molecule is CC(C)C(CC(=O)c1ccccc1)CC(=O)c1ccccc1. The molecular formula is C20H22O2. The lowest BCUT2D eigenvalue weighted by Gasteiger charge is -2.19. The number of carbonyl (C=O) groups excluding carboxylic acids is 2. The van der Waals surface area contributed by atoms with Gasteiger partial charge in [-0.25, -0.2) is 0 Å². The molecule has 0 spiro atoms. The second kappa shape index (κ2) is 7.69. The van der Waals surface area contributed by atoms with E-state index in [2.05, 4.69) is 13.8 Å². The predicted molar refractivity (Wildman–Crippen MR) is 89.1 cm³/mol. The van der Waals surface area contributed by atoms with Crippen molar-refractivity contribution in [2.24, 2.45) is 11.8 Å². The van der Waals surface area contributed by atoms with Gasteiger partial charge in [-0.3, -0.25) is 9.59 Å². The quantitative estimate of drug-likeness (QED) is 0.687. The Kier molecular flexibility index (Phi) is 5.65. The van der Waals surface area contributed by atoms with Crippen LogP contribution in [0.4, 0.5) is 0 Å². The Labute approximate surface area is 132 Å². The van der Waals surface area contributed by atoms with Gasteiger partial charge >= 0.3 is 0 Å². The van der Waals surface area contributed by atoms with Crippen molar-refractivity contribution in [1.29, 1.82) is 0 Å². The van der Waals surface area contributed by atoms with Gasteiger partial charge in [-0.05, 0) is 11.8 Å². The van der Waals surface area contributed by atoms with Gasteiger partial charge in [-0.15, -0.1) is 0 Å². The van der Waals surface area contributed by atoms with Gasteiger partial charge in [0, 0.05) is 24.0 Å². The van der Waals surface area contributed by atoms with E-state index in [4.69, 9.17) is 0 Å². The Morgan fingerprint density at radius 2 is 1.09 bits per heavy atom. The van der Waals surface area contributed by atoms with Gasteiger partial charge in [0.2, 0.25) is 0 Å². The summed E-state index contributed by atoms with van der Waals surface area (Å²) in [5.74, 6) is 0.584. The lowest BCUT2D eigenvalue weighted by Crippen LogP contribution is -2.18. The molecule has 0 aromatic heterocycles. The zero-order valence-corrected chi connectivity index (χ0v) is 13.2. The highest BCUT2D eigenvalue weighted by Gasteiger charge is 2.22. The Hall–Kier alpha value is -2.22. The van der Waals surface area contributed by atoms with Gasteiger partial charge in [0.05, 0.1) is 0 Å². The first-order valence-corrected chi connectivity index (χ1v) is 7.74. The van der Waals surface area contributed by atoms with E-state index < -0.39 is 0 Å². The standard InChI is InChI=1S/C20H22O2/c1-15(2)18(13-19(21)16-9-5-3-6-10-16)14-20(22)17-11-7-4-8-12-17/h3-12,15,18H,13-14H2,1-2H3. The maximum Gasteiger partial charge on any atom is 0.163 e. The van der Waals surface area contributed by atoms with Crippen LogP contribution in [0.2, 0.25) is 0 Å². The third-order valence-electron chi connectivity index (χ3n) is 4.03. The minimum atomic E-state index is 0.0698. The van der Waals surface area contributed by atoms with Crippen LogP contribution < -0.4 is 0 Å². The average Bonchev–Trinajstić information content (AvgIpc) is 2.55. The normalized spacial score (nSPS) is 10.9. The van der Waals surface area contributed by atoms with E-state index >= 15 is 0 Å². The highest BCUT2D eigenvalue weighted by atomic mass is 16.1. The van der Waals surface area contributed by atoms with Crippen molar-refractivity contribution in [3.8, 4) is 0 Å². The van der Waals surface area contributed by atoms with Gasteiger partial charge in [-0.1, -0.05) is 74.5 Å². The van der Waals surface area contributed by atoms with Gasteiger partial charge in [-0.2, -0.15) is 0 Å². The first-order valence-electron chi connectivity index (χ1n) is 7.74. The van der Waals surface area contributed by atoms with Crippen LogP contribution >= 0.6 is 0 Å².